The van der Waals surface area contributed by atoms with E-state index in [-0.39, 0.29) is 0 Å². The van der Waals surface area contributed by atoms with E-state index in [1.807, 2.05) is 23.6 Å². The number of rotatable bonds is 3. The number of hydrogen-bond acceptors (Lipinski definition) is 3. The molecule has 2 rings (SSSR count). The number of benzene rings is 1. The molecule has 1 N–H and O–H groups in total. The monoisotopic (exact) mass is 314 g/mol. The maximum atomic E-state index is 10.8. The Hall–Kier alpha value is -0.780. The average Bonchev–Trinajstić information content (AvgIpc) is 2.73. The van der Waals surface area contributed by atoms with Gasteiger partial charge < -0.3 is 5.11 Å². The summed E-state index contributed by atoms with van der Waals surface area (Å²) < 4.78 is 1.99. The van der Waals surface area contributed by atoms with Crippen molar-refractivity contribution in [3.63, 3.8) is 0 Å². The average molecular weight is 315 g/mol. The van der Waals surface area contributed by atoms with Gasteiger partial charge in [-0.1, -0.05) is 17.8 Å². The van der Waals surface area contributed by atoms with E-state index in [1.54, 1.807) is 35.2 Å². The number of carboxylic acid groups (broad SMARTS) is 1. The smallest absolute Gasteiger partial charge is 0.335 e. The van der Waals surface area contributed by atoms with Crippen LogP contribution in [-0.4, -0.2) is 11.1 Å². The van der Waals surface area contributed by atoms with Crippen molar-refractivity contribution in [2.75, 3.05) is 0 Å². The number of thiophene rings is 1. The zero-order chi connectivity index (χ0) is 11.5. The molecule has 0 spiro atoms. The van der Waals surface area contributed by atoms with Gasteiger partial charge in [0, 0.05) is 9.37 Å². The molecule has 2 nitrogen and oxygen atoms in total. The lowest BCUT2D eigenvalue weighted by Gasteiger charge is -2.03. The highest BCUT2D eigenvalue weighted by Crippen LogP contribution is 2.36. The molecule has 1 aromatic heterocycles. The summed E-state index contributed by atoms with van der Waals surface area (Å²) in [4.78, 5) is 11.8. The van der Waals surface area contributed by atoms with Gasteiger partial charge in [-0.3, -0.25) is 0 Å². The van der Waals surface area contributed by atoms with Crippen molar-refractivity contribution in [2.24, 2.45) is 0 Å². The molecule has 2 aromatic rings. The first-order chi connectivity index (χ1) is 7.66. The summed E-state index contributed by atoms with van der Waals surface area (Å²) in [7, 11) is 0. The fraction of sp³-hybridized carbons (Fsp3) is 0. The SMILES string of the molecule is O=C(O)c1ccc(Sc2cccs2)c(Br)c1. The number of halogens is 1. The van der Waals surface area contributed by atoms with Gasteiger partial charge in [-0.25, -0.2) is 4.79 Å². The predicted molar refractivity (Wildman–Crippen MR) is 69.5 cm³/mol. The fourth-order valence-electron chi connectivity index (χ4n) is 1.15. The normalized spacial score (nSPS) is 10.3. The van der Waals surface area contributed by atoms with Crippen LogP contribution >= 0.6 is 39.0 Å². The van der Waals surface area contributed by atoms with Crippen molar-refractivity contribution >= 4 is 45.0 Å². The minimum atomic E-state index is -0.909. The predicted octanol–water partition coefficient (Wildman–Crippen LogP) is 4.36. The van der Waals surface area contributed by atoms with Crippen LogP contribution in [0.4, 0.5) is 0 Å². The number of carboxylic acids is 1. The molecule has 16 heavy (non-hydrogen) atoms. The van der Waals surface area contributed by atoms with Crippen LogP contribution < -0.4 is 0 Å². The molecule has 0 saturated carbocycles. The van der Waals surface area contributed by atoms with E-state index in [4.69, 9.17) is 5.11 Å². The number of hydrogen-bond donors (Lipinski definition) is 1. The molecule has 0 bridgehead atoms. The van der Waals surface area contributed by atoms with Crippen molar-refractivity contribution in [3.05, 3.63) is 45.7 Å². The van der Waals surface area contributed by atoms with E-state index < -0.39 is 5.97 Å². The summed E-state index contributed by atoms with van der Waals surface area (Å²) >= 11 is 6.66. The molecule has 0 saturated heterocycles. The Bertz CT molecular complexity index is 509. The van der Waals surface area contributed by atoms with Gasteiger partial charge >= 0.3 is 5.97 Å². The van der Waals surface area contributed by atoms with Gasteiger partial charge in [-0.2, -0.15) is 0 Å². The highest BCUT2D eigenvalue weighted by molar-refractivity contribution is 9.10. The third-order valence-electron chi connectivity index (χ3n) is 1.88. The maximum Gasteiger partial charge on any atom is 0.335 e. The molecule has 0 aliphatic carbocycles. The van der Waals surface area contributed by atoms with Gasteiger partial charge in [0.15, 0.2) is 0 Å². The van der Waals surface area contributed by atoms with Gasteiger partial charge in [-0.05, 0) is 45.6 Å². The third-order valence-corrected chi connectivity index (χ3v) is 4.92. The number of carbonyl (C=O) groups is 1. The third kappa shape index (κ3) is 2.66. The van der Waals surface area contributed by atoms with E-state index >= 15 is 0 Å². The van der Waals surface area contributed by atoms with Gasteiger partial charge in [0.1, 0.15) is 0 Å². The molecule has 82 valence electrons. The van der Waals surface area contributed by atoms with Crippen LogP contribution in [0, 0.1) is 0 Å². The molecule has 1 aromatic carbocycles. The first-order valence-corrected chi connectivity index (χ1v) is 6.90. The molecule has 0 radical (unpaired) electrons. The lowest BCUT2D eigenvalue weighted by Crippen LogP contribution is -1.95. The highest BCUT2D eigenvalue weighted by atomic mass is 79.9. The zero-order valence-electron chi connectivity index (χ0n) is 8.01. The Morgan fingerprint density at radius 1 is 1.38 bits per heavy atom. The quantitative estimate of drug-likeness (QED) is 0.914. The molecule has 5 heteroatoms. The van der Waals surface area contributed by atoms with Gasteiger partial charge in [0.2, 0.25) is 0 Å². The molecule has 0 unspecified atom stereocenters. The van der Waals surface area contributed by atoms with Crippen molar-refractivity contribution in [1.29, 1.82) is 0 Å². The minimum Gasteiger partial charge on any atom is -0.478 e. The first kappa shape index (κ1) is 11.7. The summed E-state index contributed by atoms with van der Waals surface area (Å²) in [6.45, 7) is 0. The molecule has 1 heterocycles. The minimum absolute atomic E-state index is 0.294. The van der Waals surface area contributed by atoms with E-state index in [9.17, 15) is 4.79 Å². The van der Waals surface area contributed by atoms with Crippen molar-refractivity contribution in [1.82, 2.24) is 0 Å². The van der Waals surface area contributed by atoms with Crippen LogP contribution in [0.15, 0.2) is 49.3 Å². The molecular formula is C11H7BrO2S2. The van der Waals surface area contributed by atoms with Crippen LogP contribution in [0.3, 0.4) is 0 Å². The fourth-order valence-corrected chi connectivity index (χ4v) is 3.50. The second-order valence-corrected chi connectivity index (χ2v) is 6.13. The second kappa shape index (κ2) is 5.03. The van der Waals surface area contributed by atoms with Crippen LogP contribution in [0.2, 0.25) is 0 Å². The van der Waals surface area contributed by atoms with Crippen molar-refractivity contribution in [2.45, 2.75) is 9.10 Å². The van der Waals surface area contributed by atoms with Crippen LogP contribution in [0.25, 0.3) is 0 Å². The Morgan fingerprint density at radius 2 is 2.19 bits per heavy atom. The van der Waals surface area contributed by atoms with Gasteiger partial charge in [0.05, 0.1) is 9.77 Å². The van der Waals surface area contributed by atoms with E-state index in [0.717, 1.165) is 9.37 Å². The Labute approximate surface area is 109 Å². The molecular weight excluding hydrogens is 308 g/mol. The summed E-state index contributed by atoms with van der Waals surface area (Å²) in [5.74, 6) is -0.909. The van der Waals surface area contributed by atoms with Gasteiger partial charge in [0.25, 0.3) is 0 Å². The Kier molecular flexibility index (Phi) is 3.68. The lowest BCUT2D eigenvalue weighted by molar-refractivity contribution is 0.0696. The summed E-state index contributed by atoms with van der Waals surface area (Å²) in [6.07, 6.45) is 0. The molecule has 0 fully saturated rings. The topological polar surface area (TPSA) is 37.3 Å². The number of aromatic carboxylic acids is 1. The van der Waals surface area contributed by atoms with E-state index in [0.29, 0.717) is 5.56 Å². The summed E-state index contributed by atoms with van der Waals surface area (Å²) in [5, 5.41) is 10.8. The molecule has 0 amide bonds. The van der Waals surface area contributed by atoms with Gasteiger partial charge in [-0.15, -0.1) is 11.3 Å². The van der Waals surface area contributed by atoms with E-state index in [2.05, 4.69) is 15.9 Å². The van der Waals surface area contributed by atoms with Crippen LogP contribution in [0.5, 0.6) is 0 Å². The molecule has 0 atom stereocenters. The first-order valence-electron chi connectivity index (χ1n) is 4.41. The molecule has 0 aliphatic rings. The van der Waals surface area contributed by atoms with Crippen molar-refractivity contribution in [3.8, 4) is 0 Å². The van der Waals surface area contributed by atoms with Crippen LogP contribution in [0.1, 0.15) is 10.4 Å². The highest BCUT2D eigenvalue weighted by Gasteiger charge is 2.08. The maximum absolute atomic E-state index is 10.8. The summed E-state index contributed by atoms with van der Waals surface area (Å²) in [6, 6.07) is 9.08. The van der Waals surface area contributed by atoms with E-state index in [1.165, 1.54) is 4.21 Å². The summed E-state index contributed by atoms with van der Waals surface area (Å²) in [5.41, 5.74) is 0.294. The molecule has 0 aliphatic heterocycles. The Balaban J connectivity index is 2.26. The second-order valence-electron chi connectivity index (χ2n) is 2.98. The van der Waals surface area contributed by atoms with Crippen molar-refractivity contribution < 1.29 is 9.90 Å². The largest absolute Gasteiger partial charge is 0.478 e. The lowest BCUT2D eigenvalue weighted by atomic mass is 10.2. The standard InChI is InChI=1S/C11H7BrO2S2/c12-8-6-7(11(13)14)3-4-9(8)16-10-2-1-5-15-10/h1-6H,(H,13,14). The Morgan fingerprint density at radius 3 is 2.75 bits per heavy atom. The van der Waals surface area contributed by atoms with Crippen LogP contribution in [-0.2, 0) is 0 Å². The zero-order valence-corrected chi connectivity index (χ0v) is 11.2.